The highest BCUT2D eigenvalue weighted by atomic mass is 16.5. The Morgan fingerprint density at radius 1 is 1.08 bits per heavy atom. The van der Waals surface area contributed by atoms with Gasteiger partial charge in [0.15, 0.2) is 0 Å². The predicted octanol–water partition coefficient (Wildman–Crippen LogP) is 1.73. The monoisotopic (exact) mass is 171 g/mol. The summed E-state index contributed by atoms with van der Waals surface area (Å²) >= 11 is 0. The second-order valence-electron chi connectivity index (χ2n) is 2.57. The third kappa shape index (κ3) is 9.41. The van der Waals surface area contributed by atoms with Gasteiger partial charge in [-0.1, -0.05) is 0 Å². The van der Waals surface area contributed by atoms with Crippen LogP contribution in [0.4, 0.5) is 0 Å². The largest absolute Gasteiger partial charge is 0.385 e. The molecule has 0 spiro atoms. The maximum Gasteiger partial charge on any atom is 0.0621 e. The van der Waals surface area contributed by atoms with Crippen molar-refractivity contribution in [2.75, 3.05) is 26.9 Å². The van der Waals surface area contributed by atoms with Gasteiger partial charge in [-0.2, -0.15) is 5.26 Å². The van der Waals surface area contributed by atoms with E-state index in [2.05, 4.69) is 6.07 Å². The Kier molecular flexibility index (Phi) is 9.90. The van der Waals surface area contributed by atoms with Crippen molar-refractivity contribution < 1.29 is 9.47 Å². The summed E-state index contributed by atoms with van der Waals surface area (Å²) in [5.41, 5.74) is 0. The fourth-order valence-corrected chi connectivity index (χ4v) is 0.816. The van der Waals surface area contributed by atoms with E-state index < -0.39 is 0 Å². The van der Waals surface area contributed by atoms with Crippen molar-refractivity contribution in [3.63, 3.8) is 0 Å². The lowest BCUT2D eigenvalue weighted by Gasteiger charge is -2.01. The van der Waals surface area contributed by atoms with Crippen molar-refractivity contribution >= 4 is 0 Å². The Morgan fingerprint density at radius 2 is 1.83 bits per heavy atom. The topological polar surface area (TPSA) is 42.2 Å². The molecule has 0 aliphatic rings. The minimum absolute atomic E-state index is 0.640. The molecular weight excluding hydrogens is 154 g/mol. The standard InChI is InChI=1S/C9H17NO2/c1-11-7-5-9-12-8-4-2-3-6-10/h2-5,7-9H2,1H3. The van der Waals surface area contributed by atoms with E-state index in [1.165, 1.54) is 0 Å². The van der Waals surface area contributed by atoms with E-state index in [0.717, 1.165) is 39.1 Å². The third-order valence-electron chi connectivity index (χ3n) is 1.46. The number of methoxy groups -OCH3 is 1. The molecular formula is C9H17NO2. The van der Waals surface area contributed by atoms with Gasteiger partial charge in [-0.05, 0) is 19.3 Å². The van der Waals surface area contributed by atoms with E-state index in [1.807, 2.05) is 0 Å². The second-order valence-corrected chi connectivity index (χ2v) is 2.57. The summed E-state index contributed by atoms with van der Waals surface area (Å²) in [5.74, 6) is 0. The normalized spacial score (nSPS) is 9.67. The SMILES string of the molecule is COCCCOCCCCC#N. The van der Waals surface area contributed by atoms with Gasteiger partial charge in [-0.3, -0.25) is 0 Å². The van der Waals surface area contributed by atoms with Crippen LogP contribution in [0, 0.1) is 11.3 Å². The molecule has 3 nitrogen and oxygen atoms in total. The van der Waals surface area contributed by atoms with Gasteiger partial charge in [0.1, 0.15) is 0 Å². The molecule has 0 unspecified atom stereocenters. The summed E-state index contributed by atoms with van der Waals surface area (Å²) in [4.78, 5) is 0. The highest BCUT2D eigenvalue weighted by Crippen LogP contribution is 1.94. The fourth-order valence-electron chi connectivity index (χ4n) is 0.816. The molecule has 12 heavy (non-hydrogen) atoms. The average molecular weight is 171 g/mol. The van der Waals surface area contributed by atoms with Gasteiger partial charge in [0.25, 0.3) is 0 Å². The van der Waals surface area contributed by atoms with E-state index in [0.29, 0.717) is 6.42 Å². The van der Waals surface area contributed by atoms with Gasteiger partial charge in [-0.15, -0.1) is 0 Å². The molecule has 0 aliphatic carbocycles. The van der Waals surface area contributed by atoms with E-state index in [1.54, 1.807) is 7.11 Å². The zero-order valence-corrected chi connectivity index (χ0v) is 7.71. The Bertz CT molecular complexity index is 120. The maximum absolute atomic E-state index is 8.23. The molecule has 0 rings (SSSR count). The Balaban J connectivity index is 2.78. The molecule has 0 aromatic rings. The first-order chi connectivity index (χ1) is 5.91. The number of nitrogens with zero attached hydrogens (tertiary/aromatic N) is 1. The van der Waals surface area contributed by atoms with E-state index >= 15 is 0 Å². The summed E-state index contributed by atoms with van der Waals surface area (Å²) in [5, 5.41) is 8.23. The minimum Gasteiger partial charge on any atom is -0.385 e. The molecule has 0 radical (unpaired) electrons. The van der Waals surface area contributed by atoms with Crippen LogP contribution in [0.3, 0.4) is 0 Å². The van der Waals surface area contributed by atoms with Crippen LogP contribution in [0.5, 0.6) is 0 Å². The summed E-state index contributed by atoms with van der Waals surface area (Å²) in [6.07, 6.45) is 3.53. The lowest BCUT2D eigenvalue weighted by atomic mass is 10.3. The number of hydrogen-bond donors (Lipinski definition) is 0. The molecule has 3 heteroatoms. The number of rotatable bonds is 8. The summed E-state index contributed by atoms with van der Waals surface area (Å²) in [6.45, 7) is 2.30. The van der Waals surface area contributed by atoms with Gasteiger partial charge < -0.3 is 9.47 Å². The van der Waals surface area contributed by atoms with Crippen LogP contribution in [0.15, 0.2) is 0 Å². The lowest BCUT2D eigenvalue weighted by Crippen LogP contribution is -2.00. The minimum atomic E-state index is 0.640. The zero-order valence-electron chi connectivity index (χ0n) is 7.71. The van der Waals surface area contributed by atoms with Crippen LogP contribution in [0.2, 0.25) is 0 Å². The number of ether oxygens (including phenoxy) is 2. The molecule has 0 aromatic heterocycles. The predicted molar refractivity (Wildman–Crippen MR) is 46.8 cm³/mol. The van der Waals surface area contributed by atoms with Crippen LogP contribution in [-0.2, 0) is 9.47 Å². The van der Waals surface area contributed by atoms with Gasteiger partial charge in [0.2, 0.25) is 0 Å². The van der Waals surface area contributed by atoms with Crippen LogP contribution < -0.4 is 0 Å². The van der Waals surface area contributed by atoms with Gasteiger partial charge in [0, 0.05) is 33.4 Å². The highest BCUT2D eigenvalue weighted by Gasteiger charge is 1.89. The first-order valence-electron chi connectivity index (χ1n) is 4.35. The second kappa shape index (κ2) is 10.4. The first-order valence-corrected chi connectivity index (χ1v) is 4.35. The lowest BCUT2D eigenvalue weighted by molar-refractivity contribution is 0.101. The van der Waals surface area contributed by atoms with Gasteiger partial charge >= 0.3 is 0 Å². The number of nitriles is 1. The molecule has 0 saturated carbocycles. The maximum atomic E-state index is 8.23. The summed E-state index contributed by atoms with van der Waals surface area (Å²) < 4.78 is 10.2. The molecule has 0 aliphatic heterocycles. The molecule has 0 atom stereocenters. The van der Waals surface area contributed by atoms with Crippen LogP contribution in [0.25, 0.3) is 0 Å². The molecule has 0 N–H and O–H groups in total. The van der Waals surface area contributed by atoms with Gasteiger partial charge in [-0.25, -0.2) is 0 Å². The van der Waals surface area contributed by atoms with E-state index in [4.69, 9.17) is 14.7 Å². The van der Waals surface area contributed by atoms with Gasteiger partial charge in [0.05, 0.1) is 6.07 Å². The first kappa shape index (κ1) is 11.4. The van der Waals surface area contributed by atoms with Crippen molar-refractivity contribution in [1.82, 2.24) is 0 Å². The molecule has 0 heterocycles. The number of hydrogen-bond acceptors (Lipinski definition) is 3. The summed E-state index contributed by atoms with van der Waals surface area (Å²) in [7, 11) is 1.69. The summed E-state index contributed by atoms with van der Waals surface area (Å²) in [6, 6.07) is 2.10. The molecule has 70 valence electrons. The van der Waals surface area contributed by atoms with Crippen molar-refractivity contribution in [2.45, 2.75) is 25.7 Å². The van der Waals surface area contributed by atoms with Crippen LogP contribution in [-0.4, -0.2) is 26.9 Å². The fraction of sp³-hybridized carbons (Fsp3) is 0.889. The van der Waals surface area contributed by atoms with Crippen molar-refractivity contribution in [3.8, 4) is 6.07 Å². The van der Waals surface area contributed by atoms with Crippen molar-refractivity contribution in [1.29, 1.82) is 5.26 Å². The quantitative estimate of drug-likeness (QED) is 0.522. The Hall–Kier alpha value is -0.590. The number of unbranched alkanes of at least 4 members (excludes halogenated alkanes) is 2. The Morgan fingerprint density at radius 3 is 2.50 bits per heavy atom. The molecule has 0 bridgehead atoms. The molecule has 0 amide bonds. The van der Waals surface area contributed by atoms with Crippen molar-refractivity contribution in [3.05, 3.63) is 0 Å². The highest BCUT2D eigenvalue weighted by molar-refractivity contribution is 4.67. The third-order valence-corrected chi connectivity index (χ3v) is 1.46. The van der Waals surface area contributed by atoms with Crippen LogP contribution >= 0.6 is 0 Å². The average Bonchev–Trinajstić information content (AvgIpc) is 2.10. The Labute approximate surface area is 74.3 Å². The van der Waals surface area contributed by atoms with E-state index in [-0.39, 0.29) is 0 Å². The smallest absolute Gasteiger partial charge is 0.0621 e. The van der Waals surface area contributed by atoms with E-state index in [9.17, 15) is 0 Å². The zero-order chi connectivity index (χ0) is 9.07. The van der Waals surface area contributed by atoms with Crippen LogP contribution in [0.1, 0.15) is 25.7 Å². The molecule has 0 fully saturated rings. The molecule has 0 saturated heterocycles. The van der Waals surface area contributed by atoms with Crippen molar-refractivity contribution in [2.24, 2.45) is 0 Å². The molecule has 0 aromatic carbocycles.